The summed E-state index contributed by atoms with van der Waals surface area (Å²) < 4.78 is 18.6. The standard InChI is InChI=1S/C13H15FN4O2/c1-9-15-12(17-16-9)13(19)18(2)7-8-20-11-6-4-3-5-10(11)14/h3-6H,7-8H2,1-2H3,(H,15,16,17). The van der Waals surface area contributed by atoms with Crippen LogP contribution in [-0.2, 0) is 0 Å². The minimum Gasteiger partial charge on any atom is -0.489 e. The Bertz CT molecular complexity index is 600. The number of rotatable bonds is 5. The lowest BCUT2D eigenvalue weighted by Gasteiger charge is -2.15. The van der Waals surface area contributed by atoms with Gasteiger partial charge in [-0.2, -0.15) is 0 Å². The zero-order chi connectivity index (χ0) is 14.5. The number of carbonyl (C=O) groups is 1. The van der Waals surface area contributed by atoms with Gasteiger partial charge in [0.15, 0.2) is 11.6 Å². The van der Waals surface area contributed by atoms with Crippen molar-refractivity contribution in [2.75, 3.05) is 20.2 Å². The smallest absolute Gasteiger partial charge is 0.293 e. The minimum atomic E-state index is -0.425. The van der Waals surface area contributed by atoms with Crippen LogP contribution in [0.2, 0.25) is 0 Å². The number of amides is 1. The minimum absolute atomic E-state index is 0.107. The van der Waals surface area contributed by atoms with Gasteiger partial charge in [0.1, 0.15) is 12.4 Å². The summed E-state index contributed by atoms with van der Waals surface area (Å²) >= 11 is 0. The first-order chi connectivity index (χ1) is 9.58. The maximum absolute atomic E-state index is 13.3. The summed E-state index contributed by atoms with van der Waals surface area (Å²) in [6, 6.07) is 6.13. The molecule has 0 saturated heterocycles. The number of hydrogen-bond acceptors (Lipinski definition) is 4. The van der Waals surface area contributed by atoms with Crippen molar-refractivity contribution in [1.82, 2.24) is 20.1 Å². The molecule has 0 bridgehead atoms. The zero-order valence-electron chi connectivity index (χ0n) is 11.3. The Morgan fingerprint density at radius 2 is 2.20 bits per heavy atom. The van der Waals surface area contributed by atoms with Crippen LogP contribution in [0.5, 0.6) is 5.75 Å². The van der Waals surface area contributed by atoms with Gasteiger partial charge in [-0.3, -0.25) is 9.89 Å². The Morgan fingerprint density at radius 1 is 1.45 bits per heavy atom. The molecular weight excluding hydrogens is 263 g/mol. The molecule has 7 heteroatoms. The van der Waals surface area contributed by atoms with E-state index in [1.54, 1.807) is 26.1 Å². The first kappa shape index (κ1) is 14.0. The molecule has 106 valence electrons. The molecule has 0 fully saturated rings. The molecule has 1 N–H and O–H groups in total. The number of nitrogens with one attached hydrogen (secondary N) is 1. The molecule has 2 aromatic rings. The Kier molecular flexibility index (Phi) is 4.29. The number of aromatic nitrogens is 3. The highest BCUT2D eigenvalue weighted by molar-refractivity contribution is 5.90. The van der Waals surface area contributed by atoms with Crippen molar-refractivity contribution in [1.29, 1.82) is 0 Å². The molecule has 2 rings (SSSR count). The number of benzene rings is 1. The maximum atomic E-state index is 13.3. The first-order valence-electron chi connectivity index (χ1n) is 6.09. The molecule has 0 aliphatic rings. The van der Waals surface area contributed by atoms with E-state index < -0.39 is 5.82 Å². The Morgan fingerprint density at radius 3 is 2.85 bits per heavy atom. The predicted octanol–water partition coefficient (Wildman–Crippen LogP) is 1.40. The number of nitrogens with zero attached hydrogens (tertiary/aromatic N) is 3. The lowest BCUT2D eigenvalue weighted by molar-refractivity contribution is 0.0761. The van der Waals surface area contributed by atoms with Crippen LogP contribution in [0.1, 0.15) is 16.4 Å². The molecule has 0 aliphatic carbocycles. The molecule has 0 radical (unpaired) electrons. The van der Waals surface area contributed by atoms with E-state index in [1.165, 1.54) is 17.0 Å². The molecule has 1 heterocycles. The number of carbonyl (C=O) groups excluding carboxylic acids is 1. The number of para-hydroxylation sites is 1. The van der Waals surface area contributed by atoms with Gasteiger partial charge in [-0.15, -0.1) is 5.10 Å². The molecule has 1 aromatic heterocycles. The van der Waals surface area contributed by atoms with Crippen LogP contribution in [-0.4, -0.2) is 46.2 Å². The summed E-state index contributed by atoms with van der Waals surface area (Å²) in [6.45, 7) is 2.21. The van der Waals surface area contributed by atoms with Gasteiger partial charge in [-0.1, -0.05) is 12.1 Å². The molecular formula is C13H15FN4O2. The van der Waals surface area contributed by atoms with E-state index in [2.05, 4.69) is 15.2 Å². The van der Waals surface area contributed by atoms with Gasteiger partial charge < -0.3 is 9.64 Å². The van der Waals surface area contributed by atoms with Crippen LogP contribution in [0.25, 0.3) is 0 Å². The predicted molar refractivity (Wildman–Crippen MR) is 70.0 cm³/mol. The van der Waals surface area contributed by atoms with Crippen molar-refractivity contribution in [3.05, 3.63) is 41.7 Å². The maximum Gasteiger partial charge on any atom is 0.293 e. The molecule has 20 heavy (non-hydrogen) atoms. The molecule has 1 amide bonds. The molecule has 0 unspecified atom stereocenters. The summed E-state index contributed by atoms with van der Waals surface area (Å²) in [7, 11) is 1.61. The second kappa shape index (κ2) is 6.14. The molecule has 0 aliphatic heterocycles. The Balaban J connectivity index is 1.85. The van der Waals surface area contributed by atoms with E-state index in [9.17, 15) is 9.18 Å². The van der Waals surface area contributed by atoms with Gasteiger partial charge >= 0.3 is 0 Å². The summed E-state index contributed by atoms with van der Waals surface area (Å²) in [4.78, 5) is 17.3. The monoisotopic (exact) mass is 278 g/mol. The third-order valence-electron chi connectivity index (χ3n) is 2.66. The summed E-state index contributed by atoms with van der Waals surface area (Å²) in [5.74, 6) is 0.111. The Hall–Kier alpha value is -2.44. The van der Waals surface area contributed by atoms with Crippen molar-refractivity contribution in [2.45, 2.75) is 6.92 Å². The quantitative estimate of drug-likeness (QED) is 0.897. The van der Waals surface area contributed by atoms with E-state index in [0.29, 0.717) is 12.4 Å². The molecule has 6 nitrogen and oxygen atoms in total. The van der Waals surface area contributed by atoms with Crippen LogP contribution in [0.3, 0.4) is 0 Å². The molecule has 0 spiro atoms. The van der Waals surface area contributed by atoms with E-state index in [1.807, 2.05) is 0 Å². The van der Waals surface area contributed by atoms with Crippen molar-refractivity contribution < 1.29 is 13.9 Å². The van der Waals surface area contributed by atoms with Crippen LogP contribution in [0.15, 0.2) is 24.3 Å². The summed E-state index contributed by atoms with van der Waals surface area (Å²) in [6.07, 6.45) is 0. The second-order valence-corrected chi connectivity index (χ2v) is 4.25. The van der Waals surface area contributed by atoms with Crippen LogP contribution < -0.4 is 4.74 Å². The van der Waals surface area contributed by atoms with Crippen molar-refractivity contribution in [3.63, 3.8) is 0 Å². The van der Waals surface area contributed by atoms with Gasteiger partial charge in [0.25, 0.3) is 5.91 Å². The third kappa shape index (κ3) is 3.31. The van der Waals surface area contributed by atoms with Crippen molar-refractivity contribution >= 4 is 5.91 Å². The average Bonchev–Trinajstić information content (AvgIpc) is 2.86. The topological polar surface area (TPSA) is 71.1 Å². The highest BCUT2D eigenvalue weighted by Gasteiger charge is 2.16. The normalized spacial score (nSPS) is 10.3. The lowest BCUT2D eigenvalue weighted by Crippen LogP contribution is -2.31. The number of halogens is 1. The van der Waals surface area contributed by atoms with Crippen LogP contribution in [0.4, 0.5) is 4.39 Å². The largest absolute Gasteiger partial charge is 0.489 e. The van der Waals surface area contributed by atoms with Gasteiger partial charge in [-0.25, -0.2) is 9.37 Å². The summed E-state index contributed by atoms with van der Waals surface area (Å²) in [5.41, 5.74) is 0. The fraction of sp³-hybridized carbons (Fsp3) is 0.308. The van der Waals surface area contributed by atoms with Gasteiger partial charge in [0.2, 0.25) is 5.82 Å². The number of aryl methyl sites for hydroxylation is 1. The number of hydrogen-bond donors (Lipinski definition) is 1. The third-order valence-corrected chi connectivity index (χ3v) is 2.66. The fourth-order valence-electron chi connectivity index (χ4n) is 1.56. The number of H-pyrrole nitrogens is 1. The van der Waals surface area contributed by atoms with E-state index in [4.69, 9.17) is 4.74 Å². The van der Waals surface area contributed by atoms with Crippen molar-refractivity contribution in [3.8, 4) is 5.75 Å². The van der Waals surface area contributed by atoms with Crippen molar-refractivity contribution in [2.24, 2.45) is 0 Å². The van der Waals surface area contributed by atoms with E-state index in [0.717, 1.165) is 0 Å². The Labute approximate surface area is 115 Å². The molecule has 1 aromatic carbocycles. The highest BCUT2D eigenvalue weighted by Crippen LogP contribution is 2.15. The number of ether oxygens (including phenoxy) is 1. The van der Waals surface area contributed by atoms with Crippen LogP contribution >= 0.6 is 0 Å². The summed E-state index contributed by atoms with van der Waals surface area (Å²) in [5, 5.41) is 6.39. The number of likely N-dealkylation sites (N-methyl/N-ethyl adjacent to an activating group) is 1. The van der Waals surface area contributed by atoms with Gasteiger partial charge in [0.05, 0.1) is 6.54 Å². The highest BCUT2D eigenvalue weighted by atomic mass is 19.1. The van der Waals surface area contributed by atoms with Gasteiger partial charge in [-0.05, 0) is 19.1 Å². The van der Waals surface area contributed by atoms with E-state index >= 15 is 0 Å². The molecule has 0 atom stereocenters. The average molecular weight is 278 g/mol. The first-order valence-corrected chi connectivity index (χ1v) is 6.09. The lowest BCUT2D eigenvalue weighted by atomic mass is 10.3. The van der Waals surface area contributed by atoms with Gasteiger partial charge in [0, 0.05) is 7.05 Å². The van der Waals surface area contributed by atoms with Crippen LogP contribution in [0, 0.1) is 12.7 Å². The number of aromatic amines is 1. The second-order valence-electron chi connectivity index (χ2n) is 4.25. The zero-order valence-corrected chi connectivity index (χ0v) is 11.3. The van der Waals surface area contributed by atoms with E-state index in [-0.39, 0.29) is 24.1 Å². The SMILES string of the molecule is Cc1nc(C(=O)N(C)CCOc2ccccc2F)n[nH]1. The fourth-order valence-corrected chi connectivity index (χ4v) is 1.56. The molecule has 0 saturated carbocycles.